The van der Waals surface area contributed by atoms with Crippen molar-refractivity contribution in [1.29, 1.82) is 0 Å². The van der Waals surface area contributed by atoms with Gasteiger partial charge >= 0.3 is 0 Å². The molecule has 3 aromatic carbocycles. The van der Waals surface area contributed by atoms with E-state index in [0.717, 1.165) is 31.1 Å². The fourth-order valence-corrected chi connectivity index (χ4v) is 3.90. The van der Waals surface area contributed by atoms with E-state index in [-0.39, 0.29) is 6.10 Å². The first kappa shape index (κ1) is 16.9. The van der Waals surface area contributed by atoms with Crippen LogP contribution in [-0.2, 0) is 6.54 Å². The molecule has 4 heteroatoms. The predicted molar refractivity (Wildman–Crippen MR) is 114 cm³/mol. The molecule has 1 unspecified atom stereocenters. The average Bonchev–Trinajstić information content (AvgIpc) is 3.17. The highest BCUT2D eigenvalue weighted by atomic mass is 16.5. The standard InChI is InChI=1S/C24H23N3O/c1-2-8-19(9-3-1)27-17-20(28-24-13-7-6-12-23(24)27)16-25-14-18-15-26-22-11-5-4-10-21(18)22/h1-13,15,20,25-26H,14,16-17H2. The van der Waals surface area contributed by atoms with Crippen molar-refractivity contribution in [3.63, 3.8) is 0 Å². The van der Waals surface area contributed by atoms with Crippen LogP contribution in [0.25, 0.3) is 10.9 Å². The maximum Gasteiger partial charge on any atom is 0.143 e. The second kappa shape index (κ2) is 7.41. The van der Waals surface area contributed by atoms with Crippen LogP contribution in [0, 0.1) is 0 Å². The number of aromatic amines is 1. The summed E-state index contributed by atoms with van der Waals surface area (Å²) < 4.78 is 6.28. The zero-order valence-corrected chi connectivity index (χ0v) is 15.6. The van der Waals surface area contributed by atoms with Crippen molar-refractivity contribution in [3.8, 4) is 5.75 Å². The van der Waals surface area contributed by atoms with E-state index in [1.165, 1.54) is 22.2 Å². The summed E-state index contributed by atoms with van der Waals surface area (Å²) in [5, 5.41) is 4.85. The zero-order chi connectivity index (χ0) is 18.8. The molecule has 28 heavy (non-hydrogen) atoms. The Kier molecular flexibility index (Phi) is 4.47. The number of fused-ring (bicyclic) bond motifs is 2. The Labute approximate surface area is 164 Å². The molecule has 2 N–H and O–H groups in total. The molecule has 0 saturated heterocycles. The third kappa shape index (κ3) is 3.23. The SMILES string of the molecule is c1ccc(N2CC(CNCc3c[nH]c4ccccc34)Oc3ccccc32)cc1. The Balaban J connectivity index is 1.31. The molecule has 0 spiro atoms. The largest absolute Gasteiger partial charge is 0.485 e. The van der Waals surface area contributed by atoms with Gasteiger partial charge in [-0.05, 0) is 35.9 Å². The lowest BCUT2D eigenvalue weighted by Gasteiger charge is -2.36. The van der Waals surface area contributed by atoms with Gasteiger partial charge in [0.25, 0.3) is 0 Å². The molecule has 1 aliphatic rings. The fourth-order valence-electron chi connectivity index (χ4n) is 3.90. The van der Waals surface area contributed by atoms with E-state index in [1.54, 1.807) is 0 Å². The molecule has 1 aliphatic heterocycles. The van der Waals surface area contributed by atoms with Gasteiger partial charge in [-0.2, -0.15) is 0 Å². The summed E-state index contributed by atoms with van der Waals surface area (Å²) in [6.07, 6.45) is 2.17. The Morgan fingerprint density at radius 1 is 0.929 bits per heavy atom. The van der Waals surface area contributed by atoms with Crippen molar-refractivity contribution < 1.29 is 4.74 Å². The summed E-state index contributed by atoms with van der Waals surface area (Å²) in [6, 6.07) is 27.2. The van der Waals surface area contributed by atoms with Gasteiger partial charge < -0.3 is 19.9 Å². The molecule has 0 radical (unpaired) electrons. The molecule has 0 bridgehead atoms. The molecule has 1 aromatic heterocycles. The van der Waals surface area contributed by atoms with Gasteiger partial charge in [-0.25, -0.2) is 0 Å². The number of hydrogen-bond acceptors (Lipinski definition) is 3. The number of H-pyrrole nitrogens is 1. The maximum absolute atomic E-state index is 6.28. The van der Waals surface area contributed by atoms with E-state index < -0.39 is 0 Å². The number of benzene rings is 3. The molecule has 4 nitrogen and oxygen atoms in total. The molecule has 1 atom stereocenters. The molecule has 0 aliphatic carbocycles. The Bertz CT molecular complexity index is 1070. The number of nitrogens with zero attached hydrogens (tertiary/aromatic N) is 1. The van der Waals surface area contributed by atoms with Gasteiger partial charge in [-0.15, -0.1) is 0 Å². The molecule has 4 aromatic rings. The fraction of sp³-hybridized carbons (Fsp3) is 0.167. The number of para-hydroxylation sites is 4. The molecule has 140 valence electrons. The highest BCUT2D eigenvalue weighted by molar-refractivity contribution is 5.83. The van der Waals surface area contributed by atoms with Crippen LogP contribution in [0.15, 0.2) is 85.1 Å². The van der Waals surface area contributed by atoms with Crippen molar-refractivity contribution >= 4 is 22.3 Å². The minimum absolute atomic E-state index is 0.0836. The van der Waals surface area contributed by atoms with Crippen molar-refractivity contribution in [2.75, 3.05) is 18.0 Å². The van der Waals surface area contributed by atoms with Gasteiger partial charge in [0.05, 0.1) is 12.2 Å². The summed E-state index contributed by atoms with van der Waals surface area (Å²) in [7, 11) is 0. The highest BCUT2D eigenvalue weighted by Crippen LogP contribution is 2.37. The highest BCUT2D eigenvalue weighted by Gasteiger charge is 2.26. The number of rotatable bonds is 5. The average molecular weight is 369 g/mol. The minimum atomic E-state index is 0.0836. The van der Waals surface area contributed by atoms with E-state index in [4.69, 9.17) is 4.74 Å². The first-order valence-corrected chi connectivity index (χ1v) is 9.72. The maximum atomic E-state index is 6.28. The number of anilines is 2. The zero-order valence-electron chi connectivity index (χ0n) is 15.6. The van der Waals surface area contributed by atoms with E-state index in [0.29, 0.717) is 0 Å². The Morgan fingerprint density at radius 3 is 2.64 bits per heavy atom. The summed E-state index contributed by atoms with van der Waals surface area (Å²) >= 11 is 0. The molecular weight excluding hydrogens is 346 g/mol. The van der Waals surface area contributed by atoms with Crippen molar-refractivity contribution in [3.05, 3.63) is 90.6 Å². The smallest absolute Gasteiger partial charge is 0.143 e. The Hall–Kier alpha value is -3.24. The van der Waals surface area contributed by atoms with E-state index in [2.05, 4.69) is 94.2 Å². The van der Waals surface area contributed by atoms with Gasteiger partial charge in [0.1, 0.15) is 11.9 Å². The summed E-state index contributed by atoms with van der Waals surface area (Å²) in [5.74, 6) is 0.941. The second-order valence-corrected chi connectivity index (χ2v) is 7.14. The molecular formula is C24H23N3O. The first-order valence-electron chi connectivity index (χ1n) is 9.72. The number of nitrogens with one attached hydrogen (secondary N) is 2. The van der Waals surface area contributed by atoms with Crippen LogP contribution in [0.5, 0.6) is 5.75 Å². The van der Waals surface area contributed by atoms with Crippen LogP contribution in [0.4, 0.5) is 11.4 Å². The van der Waals surface area contributed by atoms with Crippen LogP contribution in [0.2, 0.25) is 0 Å². The summed E-state index contributed by atoms with van der Waals surface area (Å²) in [4.78, 5) is 5.68. The number of aromatic nitrogens is 1. The lowest BCUT2D eigenvalue weighted by Crippen LogP contribution is -2.43. The molecule has 0 amide bonds. The van der Waals surface area contributed by atoms with Crippen molar-refractivity contribution in [1.82, 2.24) is 10.3 Å². The van der Waals surface area contributed by atoms with E-state index in [9.17, 15) is 0 Å². The van der Waals surface area contributed by atoms with Gasteiger partial charge in [0.15, 0.2) is 0 Å². The van der Waals surface area contributed by atoms with Crippen LogP contribution >= 0.6 is 0 Å². The second-order valence-electron chi connectivity index (χ2n) is 7.14. The van der Waals surface area contributed by atoms with Gasteiger partial charge in [-0.3, -0.25) is 0 Å². The van der Waals surface area contributed by atoms with E-state index >= 15 is 0 Å². The third-order valence-electron chi connectivity index (χ3n) is 5.27. The van der Waals surface area contributed by atoms with Crippen LogP contribution in [0.3, 0.4) is 0 Å². The lowest BCUT2D eigenvalue weighted by atomic mass is 10.1. The van der Waals surface area contributed by atoms with Crippen LogP contribution in [-0.4, -0.2) is 24.2 Å². The Morgan fingerprint density at radius 2 is 1.71 bits per heavy atom. The van der Waals surface area contributed by atoms with E-state index in [1.807, 2.05) is 6.07 Å². The van der Waals surface area contributed by atoms with Crippen molar-refractivity contribution in [2.24, 2.45) is 0 Å². The number of hydrogen-bond donors (Lipinski definition) is 2. The monoisotopic (exact) mass is 369 g/mol. The van der Waals surface area contributed by atoms with Gasteiger partial charge in [-0.1, -0.05) is 48.5 Å². The molecule has 5 rings (SSSR count). The summed E-state index contributed by atoms with van der Waals surface area (Å²) in [6.45, 7) is 2.43. The quantitative estimate of drug-likeness (QED) is 0.528. The number of ether oxygens (including phenoxy) is 1. The predicted octanol–water partition coefficient (Wildman–Crippen LogP) is 4.86. The van der Waals surface area contributed by atoms with Crippen molar-refractivity contribution in [2.45, 2.75) is 12.6 Å². The molecule has 0 saturated carbocycles. The van der Waals surface area contributed by atoms with Gasteiger partial charge in [0.2, 0.25) is 0 Å². The van der Waals surface area contributed by atoms with Crippen LogP contribution < -0.4 is 15.0 Å². The summed E-state index contributed by atoms with van der Waals surface area (Å²) in [5.41, 5.74) is 4.78. The third-order valence-corrected chi connectivity index (χ3v) is 5.27. The van der Waals surface area contributed by atoms with Gasteiger partial charge in [0, 0.05) is 35.9 Å². The normalized spacial score (nSPS) is 16.0. The van der Waals surface area contributed by atoms with Crippen LogP contribution in [0.1, 0.15) is 5.56 Å². The minimum Gasteiger partial charge on any atom is -0.485 e. The molecule has 2 heterocycles. The first-order chi connectivity index (χ1) is 13.9. The topological polar surface area (TPSA) is 40.3 Å². The lowest BCUT2D eigenvalue weighted by molar-refractivity contribution is 0.194. The molecule has 0 fully saturated rings.